The molecule has 2 heterocycles. The highest BCUT2D eigenvalue weighted by Gasteiger charge is 2.45. The predicted molar refractivity (Wildman–Crippen MR) is 131 cm³/mol. The van der Waals surface area contributed by atoms with Crippen LogP contribution in [0.4, 0.5) is 5.13 Å². The van der Waals surface area contributed by atoms with Crippen molar-refractivity contribution in [3.63, 3.8) is 0 Å². The largest absolute Gasteiger partial charge is 0.508 e. The van der Waals surface area contributed by atoms with Gasteiger partial charge in [0.1, 0.15) is 10.6 Å². The molecule has 35 heavy (non-hydrogen) atoms. The fourth-order valence-corrected chi connectivity index (χ4v) is 4.71. The van der Waals surface area contributed by atoms with Crippen LogP contribution in [0.3, 0.4) is 0 Å². The number of amides is 1. The van der Waals surface area contributed by atoms with Crippen LogP contribution in [0.15, 0.2) is 72.0 Å². The highest BCUT2D eigenvalue weighted by atomic mass is 32.1. The minimum Gasteiger partial charge on any atom is -0.508 e. The lowest BCUT2D eigenvalue weighted by atomic mass is 9.95. The van der Waals surface area contributed by atoms with Crippen molar-refractivity contribution in [1.29, 1.82) is 0 Å². The number of aryl methyl sites for hydroxylation is 1. The summed E-state index contributed by atoms with van der Waals surface area (Å²) >= 11 is 0.939. The number of rotatable bonds is 7. The van der Waals surface area contributed by atoms with Gasteiger partial charge in [0, 0.05) is 0 Å². The summed E-state index contributed by atoms with van der Waals surface area (Å²) in [5.41, 5.74) is 1.49. The summed E-state index contributed by atoms with van der Waals surface area (Å²) in [7, 11) is 0. The number of allylic oxidation sites excluding steroid dienone is 1. The molecule has 2 aromatic carbocycles. The van der Waals surface area contributed by atoms with Crippen LogP contribution in [0.5, 0.6) is 5.75 Å². The van der Waals surface area contributed by atoms with Gasteiger partial charge in [-0.15, -0.1) is 0 Å². The van der Waals surface area contributed by atoms with Gasteiger partial charge in [-0.2, -0.15) is 0 Å². The fourth-order valence-electron chi connectivity index (χ4n) is 3.72. The third-order valence-electron chi connectivity index (χ3n) is 5.36. The fraction of sp³-hybridized carbons (Fsp3) is 0.154. The molecule has 0 saturated heterocycles. The molecule has 0 bridgehead atoms. The number of thiazole rings is 1. The predicted octanol–water partition coefficient (Wildman–Crippen LogP) is 4.52. The lowest BCUT2D eigenvalue weighted by Crippen LogP contribution is -2.30. The first-order valence-electron chi connectivity index (χ1n) is 10.8. The average Bonchev–Trinajstić information content (AvgIpc) is 3.36. The topological polar surface area (TPSA) is 117 Å². The van der Waals surface area contributed by atoms with E-state index in [2.05, 4.69) is 4.98 Å². The molecule has 0 spiro atoms. The van der Waals surface area contributed by atoms with Crippen LogP contribution >= 0.6 is 11.3 Å². The van der Waals surface area contributed by atoms with Gasteiger partial charge in [0.05, 0.1) is 23.9 Å². The minimum atomic E-state index is -1.02. The van der Waals surface area contributed by atoms with Crippen molar-refractivity contribution in [2.45, 2.75) is 19.9 Å². The second-order valence-electron chi connectivity index (χ2n) is 7.67. The molecule has 178 valence electrons. The van der Waals surface area contributed by atoms with Crippen LogP contribution in [0.2, 0.25) is 0 Å². The van der Waals surface area contributed by atoms with Gasteiger partial charge in [0.2, 0.25) is 0 Å². The van der Waals surface area contributed by atoms with Crippen LogP contribution in [-0.4, -0.2) is 39.5 Å². The van der Waals surface area contributed by atoms with Gasteiger partial charge in [0.25, 0.3) is 5.91 Å². The van der Waals surface area contributed by atoms with E-state index in [9.17, 15) is 24.6 Å². The van der Waals surface area contributed by atoms with Gasteiger partial charge in [-0.25, -0.2) is 9.78 Å². The van der Waals surface area contributed by atoms with Crippen molar-refractivity contribution in [3.05, 3.63) is 93.7 Å². The van der Waals surface area contributed by atoms with Gasteiger partial charge < -0.3 is 14.9 Å². The summed E-state index contributed by atoms with van der Waals surface area (Å²) in [5, 5.41) is 20.7. The van der Waals surface area contributed by atoms with Crippen LogP contribution in [0.25, 0.3) is 6.08 Å². The number of hydrogen-bond donors (Lipinski definition) is 2. The first-order chi connectivity index (χ1) is 16.8. The van der Waals surface area contributed by atoms with E-state index in [0.717, 1.165) is 16.9 Å². The van der Waals surface area contributed by atoms with Crippen molar-refractivity contribution in [2.24, 2.45) is 0 Å². The van der Waals surface area contributed by atoms with Gasteiger partial charge in [-0.1, -0.05) is 59.9 Å². The number of esters is 1. The number of phenols is 1. The molecular formula is C26H22N2O6S. The Balaban J connectivity index is 1.78. The van der Waals surface area contributed by atoms with E-state index in [1.54, 1.807) is 32.1 Å². The summed E-state index contributed by atoms with van der Waals surface area (Å²) < 4.78 is 5.07. The van der Waals surface area contributed by atoms with E-state index in [-0.39, 0.29) is 27.9 Å². The molecule has 2 N–H and O–H groups in total. The van der Waals surface area contributed by atoms with Gasteiger partial charge in [-0.05, 0) is 43.2 Å². The number of anilines is 1. The van der Waals surface area contributed by atoms with Crippen LogP contribution in [0.1, 0.15) is 39.5 Å². The SMILES string of the molecule is CCOC(=O)c1sc(N2C(=O)C(O)=C(C(=O)/C=C/c3ccccc3)C2c2ccc(O)cc2)nc1C. The monoisotopic (exact) mass is 490 g/mol. The van der Waals surface area contributed by atoms with E-state index in [4.69, 9.17) is 4.74 Å². The number of phenolic OH excluding ortho intramolecular Hbond substituents is 1. The lowest BCUT2D eigenvalue weighted by molar-refractivity contribution is -0.117. The number of aromatic hydroxyl groups is 1. The Bertz CT molecular complexity index is 1340. The van der Waals surface area contributed by atoms with E-state index < -0.39 is 29.5 Å². The second kappa shape index (κ2) is 9.94. The maximum absolute atomic E-state index is 13.2. The second-order valence-corrected chi connectivity index (χ2v) is 8.65. The number of benzene rings is 2. The van der Waals surface area contributed by atoms with Gasteiger partial charge in [0.15, 0.2) is 16.7 Å². The van der Waals surface area contributed by atoms with Gasteiger partial charge >= 0.3 is 5.97 Å². The molecular weight excluding hydrogens is 468 g/mol. The lowest BCUT2D eigenvalue weighted by Gasteiger charge is -2.24. The number of ether oxygens (including phenoxy) is 1. The molecule has 0 radical (unpaired) electrons. The molecule has 1 aromatic heterocycles. The zero-order chi connectivity index (χ0) is 25.1. The molecule has 1 atom stereocenters. The van der Waals surface area contributed by atoms with E-state index in [1.165, 1.54) is 23.1 Å². The summed E-state index contributed by atoms with van der Waals surface area (Å²) in [5.74, 6) is -2.63. The highest BCUT2D eigenvalue weighted by molar-refractivity contribution is 7.17. The Morgan fingerprint density at radius 2 is 1.80 bits per heavy atom. The van der Waals surface area contributed by atoms with E-state index in [0.29, 0.717) is 11.3 Å². The first kappa shape index (κ1) is 23.9. The molecule has 1 aliphatic heterocycles. The molecule has 4 rings (SSSR count). The molecule has 1 amide bonds. The molecule has 0 saturated carbocycles. The Morgan fingerprint density at radius 1 is 1.11 bits per heavy atom. The van der Waals surface area contributed by atoms with Crippen molar-refractivity contribution < 1.29 is 29.3 Å². The summed E-state index contributed by atoms with van der Waals surface area (Å²) in [4.78, 5) is 44.5. The maximum atomic E-state index is 13.2. The highest BCUT2D eigenvalue weighted by Crippen LogP contribution is 2.43. The first-order valence-corrected chi connectivity index (χ1v) is 11.6. The minimum absolute atomic E-state index is 0.00404. The molecule has 1 unspecified atom stereocenters. The van der Waals surface area contributed by atoms with Crippen LogP contribution in [0, 0.1) is 6.92 Å². The number of carbonyl (C=O) groups excluding carboxylic acids is 3. The number of hydrogen-bond acceptors (Lipinski definition) is 8. The van der Waals surface area contributed by atoms with Crippen molar-refractivity contribution in [2.75, 3.05) is 11.5 Å². The van der Waals surface area contributed by atoms with E-state index >= 15 is 0 Å². The summed E-state index contributed by atoms with van der Waals surface area (Å²) in [6, 6.07) is 14.1. The quantitative estimate of drug-likeness (QED) is 0.369. The Kier molecular flexibility index (Phi) is 6.79. The molecule has 0 aliphatic carbocycles. The number of nitrogens with zero attached hydrogens (tertiary/aromatic N) is 2. The molecule has 1 aliphatic rings. The number of aromatic nitrogens is 1. The van der Waals surface area contributed by atoms with Crippen LogP contribution in [-0.2, 0) is 14.3 Å². The molecule has 9 heteroatoms. The van der Waals surface area contributed by atoms with Gasteiger partial charge in [-0.3, -0.25) is 14.5 Å². The molecule has 3 aromatic rings. The number of aliphatic hydroxyl groups excluding tert-OH is 1. The number of aliphatic hydroxyl groups is 1. The number of ketones is 1. The normalized spacial score (nSPS) is 15.8. The smallest absolute Gasteiger partial charge is 0.350 e. The van der Waals surface area contributed by atoms with Crippen molar-refractivity contribution in [3.8, 4) is 5.75 Å². The summed E-state index contributed by atoms with van der Waals surface area (Å²) in [6.45, 7) is 3.48. The third kappa shape index (κ3) is 4.71. The third-order valence-corrected chi connectivity index (χ3v) is 6.50. The summed E-state index contributed by atoms with van der Waals surface area (Å²) in [6.07, 6.45) is 2.89. The standard InChI is InChI=1S/C26H22N2O6S/c1-3-34-25(33)23-15(2)27-26(35-23)28-21(17-10-12-18(29)13-11-17)20(22(31)24(28)32)19(30)14-9-16-7-5-4-6-8-16/h4-14,21,29,31H,3H2,1-2H3/b14-9+. The van der Waals surface area contributed by atoms with Crippen molar-refractivity contribution >= 4 is 40.2 Å². The Morgan fingerprint density at radius 3 is 2.46 bits per heavy atom. The van der Waals surface area contributed by atoms with Crippen LogP contribution < -0.4 is 4.90 Å². The van der Waals surface area contributed by atoms with E-state index in [1.807, 2.05) is 30.3 Å². The van der Waals surface area contributed by atoms with Crippen molar-refractivity contribution in [1.82, 2.24) is 4.98 Å². The molecule has 8 nitrogen and oxygen atoms in total. The Labute approximate surface area is 205 Å². The maximum Gasteiger partial charge on any atom is 0.350 e. The zero-order valence-corrected chi connectivity index (χ0v) is 19.8. The Hall–Kier alpha value is -4.24. The number of carbonyl (C=O) groups is 3. The molecule has 0 fully saturated rings. The average molecular weight is 491 g/mol. The zero-order valence-electron chi connectivity index (χ0n) is 19.0.